The van der Waals surface area contributed by atoms with E-state index in [9.17, 15) is 14.7 Å². The first kappa shape index (κ1) is 21.4. The lowest BCUT2D eigenvalue weighted by atomic mass is 9.84. The molecule has 1 aromatic rings. The second kappa shape index (κ2) is 11.1. The lowest BCUT2D eigenvalue weighted by Crippen LogP contribution is -2.17. The van der Waals surface area contributed by atoms with Gasteiger partial charge in [-0.15, -0.1) is 0 Å². The second-order valence-corrected chi connectivity index (χ2v) is 7.86. The van der Waals surface area contributed by atoms with Crippen LogP contribution < -0.4 is 5.73 Å². The van der Waals surface area contributed by atoms with Gasteiger partial charge in [0, 0.05) is 5.92 Å². The highest BCUT2D eigenvalue weighted by atomic mass is 16.4. The van der Waals surface area contributed by atoms with E-state index < -0.39 is 11.9 Å². The Balaban J connectivity index is 2.17. The fourth-order valence-electron chi connectivity index (χ4n) is 4.20. The molecule has 0 amide bonds. The van der Waals surface area contributed by atoms with Gasteiger partial charge in [0.2, 0.25) is 0 Å². The van der Waals surface area contributed by atoms with Gasteiger partial charge in [-0.1, -0.05) is 56.4 Å². The fraction of sp³-hybridized carbons (Fsp3) is 0.636. The number of carboxylic acids is 2. The van der Waals surface area contributed by atoms with Crippen molar-refractivity contribution in [1.29, 1.82) is 0 Å². The van der Waals surface area contributed by atoms with Crippen LogP contribution in [0.15, 0.2) is 24.3 Å². The van der Waals surface area contributed by atoms with Crippen molar-refractivity contribution in [2.24, 2.45) is 11.7 Å². The predicted octanol–water partition coefficient (Wildman–Crippen LogP) is 4.51. The Bertz CT molecular complexity index is 616. The van der Waals surface area contributed by atoms with Crippen molar-refractivity contribution in [1.82, 2.24) is 0 Å². The Kier molecular flexibility index (Phi) is 8.79. The first-order chi connectivity index (χ1) is 13.0. The van der Waals surface area contributed by atoms with E-state index in [1.807, 2.05) is 12.1 Å². The Morgan fingerprint density at radius 2 is 1.70 bits per heavy atom. The standard InChI is InChI=1S/C22H33NO4/c23-15-20(14-21(24)25)19-10-6-9-18(13-19)16-7-4-2-1-3-5-8-17(12-11-16)22(26)27/h6,9-10,13,16-17,20H,1-5,7-8,11-12,14-15,23H2,(H,24,25)(H,26,27). The minimum Gasteiger partial charge on any atom is -0.481 e. The van der Waals surface area contributed by atoms with Crippen LogP contribution >= 0.6 is 0 Å². The first-order valence-corrected chi connectivity index (χ1v) is 10.3. The van der Waals surface area contributed by atoms with Gasteiger partial charge in [-0.2, -0.15) is 0 Å². The third kappa shape index (κ3) is 6.98. The topological polar surface area (TPSA) is 101 Å². The minimum atomic E-state index is -0.838. The molecule has 0 heterocycles. The van der Waals surface area contributed by atoms with Crippen molar-refractivity contribution in [2.45, 2.75) is 76.0 Å². The largest absolute Gasteiger partial charge is 0.481 e. The van der Waals surface area contributed by atoms with Crippen LogP contribution in [-0.4, -0.2) is 28.7 Å². The second-order valence-electron chi connectivity index (χ2n) is 7.86. The highest BCUT2D eigenvalue weighted by Gasteiger charge is 2.22. The first-order valence-electron chi connectivity index (χ1n) is 10.3. The molecule has 0 radical (unpaired) electrons. The minimum absolute atomic E-state index is 0.0334. The number of benzene rings is 1. The third-order valence-electron chi connectivity index (χ3n) is 5.88. The van der Waals surface area contributed by atoms with E-state index in [2.05, 4.69) is 12.1 Å². The molecular weight excluding hydrogens is 342 g/mol. The molecule has 0 saturated heterocycles. The van der Waals surface area contributed by atoms with E-state index in [1.165, 1.54) is 18.4 Å². The van der Waals surface area contributed by atoms with Crippen LogP contribution in [0.1, 0.15) is 87.2 Å². The summed E-state index contributed by atoms with van der Waals surface area (Å²) < 4.78 is 0. The molecule has 27 heavy (non-hydrogen) atoms. The smallest absolute Gasteiger partial charge is 0.306 e. The molecule has 3 atom stereocenters. The monoisotopic (exact) mass is 375 g/mol. The van der Waals surface area contributed by atoms with Gasteiger partial charge < -0.3 is 15.9 Å². The Labute approximate surface area is 162 Å². The summed E-state index contributed by atoms with van der Waals surface area (Å²) >= 11 is 0. The average Bonchev–Trinajstić information content (AvgIpc) is 2.70. The predicted molar refractivity (Wildman–Crippen MR) is 106 cm³/mol. The van der Waals surface area contributed by atoms with E-state index >= 15 is 0 Å². The maximum atomic E-state index is 11.6. The van der Waals surface area contributed by atoms with Gasteiger partial charge in [-0.25, -0.2) is 0 Å². The van der Waals surface area contributed by atoms with Gasteiger partial charge >= 0.3 is 11.9 Å². The fourth-order valence-corrected chi connectivity index (χ4v) is 4.20. The highest BCUT2D eigenvalue weighted by Crippen LogP contribution is 2.33. The Morgan fingerprint density at radius 3 is 2.37 bits per heavy atom. The van der Waals surface area contributed by atoms with Crippen LogP contribution in [0, 0.1) is 5.92 Å². The van der Waals surface area contributed by atoms with Crippen molar-refractivity contribution in [3.05, 3.63) is 35.4 Å². The maximum absolute atomic E-state index is 11.6. The van der Waals surface area contributed by atoms with Gasteiger partial charge in [0.25, 0.3) is 0 Å². The van der Waals surface area contributed by atoms with E-state index in [4.69, 9.17) is 10.8 Å². The molecule has 0 aliphatic heterocycles. The number of aliphatic carboxylic acids is 2. The molecule has 0 aromatic heterocycles. The van der Waals surface area contributed by atoms with Gasteiger partial charge in [0.15, 0.2) is 0 Å². The summed E-state index contributed by atoms with van der Waals surface area (Å²) in [6.45, 7) is 0.307. The zero-order valence-corrected chi connectivity index (χ0v) is 16.1. The quantitative estimate of drug-likeness (QED) is 0.679. The summed E-state index contributed by atoms with van der Waals surface area (Å²) in [5, 5.41) is 18.6. The van der Waals surface area contributed by atoms with Crippen LogP contribution in [-0.2, 0) is 9.59 Å². The molecule has 2 rings (SSSR count). The molecule has 1 aliphatic carbocycles. The molecular formula is C22H33NO4. The van der Waals surface area contributed by atoms with E-state index in [-0.39, 0.29) is 18.3 Å². The molecule has 150 valence electrons. The summed E-state index contributed by atoms with van der Waals surface area (Å²) in [5.74, 6) is -1.62. The number of carboxylic acid groups (broad SMARTS) is 2. The van der Waals surface area contributed by atoms with Crippen molar-refractivity contribution in [3.63, 3.8) is 0 Å². The van der Waals surface area contributed by atoms with Crippen molar-refractivity contribution >= 4 is 11.9 Å². The Hall–Kier alpha value is -1.88. The molecule has 4 N–H and O–H groups in total. The van der Waals surface area contributed by atoms with Gasteiger partial charge in [-0.3, -0.25) is 9.59 Å². The van der Waals surface area contributed by atoms with Crippen LogP contribution in [0.4, 0.5) is 0 Å². The number of carbonyl (C=O) groups is 2. The van der Waals surface area contributed by atoms with Crippen LogP contribution in [0.3, 0.4) is 0 Å². The van der Waals surface area contributed by atoms with Crippen molar-refractivity contribution in [2.75, 3.05) is 6.54 Å². The summed E-state index contributed by atoms with van der Waals surface area (Å²) in [5.41, 5.74) is 7.97. The molecule has 5 heteroatoms. The van der Waals surface area contributed by atoms with Gasteiger partial charge in [0.1, 0.15) is 0 Å². The molecule has 1 aliphatic rings. The van der Waals surface area contributed by atoms with Crippen LogP contribution in [0.5, 0.6) is 0 Å². The van der Waals surface area contributed by atoms with Crippen molar-refractivity contribution < 1.29 is 19.8 Å². The highest BCUT2D eigenvalue weighted by molar-refractivity contribution is 5.69. The lowest BCUT2D eigenvalue weighted by Gasteiger charge is -2.21. The molecule has 1 aromatic carbocycles. The normalized spacial score (nSPS) is 23.1. The van der Waals surface area contributed by atoms with Gasteiger partial charge in [0.05, 0.1) is 12.3 Å². The molecule has 0 bridgehead atoms. The molecule has 5 nitrogen and oxygen atoms in total. The number of hydrogen-bond acceptors (Lipinski definition) is 3. The van der Waals surface area contributed by atoms with Crippen molar-refractivity contribution in [3.8, 4) is 0 Å². The maximum Gasteiger partial charge on any atom is 0.306 e. The van der Waals surface area contributed by atoms with Gasteiger partial charge in [-0.05, 0) is 49.3 Å². The third-order valence-corrected chi connectivity index (χ3v) is 5.88. The lowest BCUT2D eigenvalue weighted by molar-refractivity contribution is -0.142. The number of rotatable bonds is 6. The summed E-state index contributed by atoms with van der Waals surface area (Å²) in [7, 11) is 0. The van der Waals surface area contributed by atoms with E-state index in [0.29, 0.717) is 18.9 Å². The molecule has 3 unspecified atom stereocenters. The number of nitrogens with two attached hydrogens (primary N) is 1. The zero-order chi connectivity index (χ0) is 19.6. The SMILES string of the molecule is NCC(CC(=O)O)c1cccc(C2CCCCCCCC(C(=O)O)CC2)c1. The van der Waals surface area contributed by atoms with E-state index in [1.54, 1.807) is 0 Å². The number of hydrogen-bond donors (Lipinski definition) is 3. The average molecular weight is 376 g/mol. The molecule has 0 spiro atoms. The van der Waals surface area contributed by atoms with Crippen LogP contribution in [0.25, 0.3) is 0 Å². The molecule has 1 saturated carbocycles. The molecule has 1 fully saturated rings. The van der Waals surface area contributed by atoms with Crippen LogP contribution in [0.2, 0.25) is 0 Å². The summed E-state index contributed by atoms with van der Waals surface area (Å²) in [6.07, 6.45) is 9.09. The summed E-state index contributed by atoms with van der Waals surface area (Å²) in [6, 6.07) is 8.13. The summed E-state index contributed by atoms with van der Waals surface area (Å²) in [4.78, 5) is 22.7. The zero-order valence-electron chi connectivity index (χ0n) is 16.1. The Morgan fingerprint density at radius 1 is 1.00 bits per heavy atom. The van der Waals surface area contributed by atoms with E-state index in [0.717, 1.165) is 44.1 Å².